The highest BCUT2D eigenvalue weighted by atomic mass is 32.2. The quantitative estimate of drug-likeness (QED) is 0.861. The molecule has 0 spiro atoms. The summed E-state index contributed by atoms with van der Waals surface area (Å²) in [6, 6.07) is 8.70. The van der Waals surface area contributed by atoms with Crippen LogP contribution in [0.3, 0.4) is 0 Å². The molecular formula is C14H18N2S2. The zero-order valence-electron chi connectivity index (χ0n) is 10.9. The molecule has 0 aliphatic carbocycles. The van der Waals surface area contributed by atoms with Gasteiger partial charge in [0.1, 0.15) is 0 Å². The maximum Gasteiger partial charge on any atom is 0.150 e. The van der Waals surface area contributed by atoms with Crippen molar-refractivity contribution in [2.45, 2.75) is 36.4 Å². The van der Waals surface area contributed by atoms with Crippen molar-refractivity contribution in [2.75, 3.05) is 0 Å². The lowest BCUT2D eigenvalue weighted by atomic mass is 10.1. The monoisotopic (exact) mass is 278 g/mol. The highest BCUT2D eigenvalue weighted by Gasteiger charge is 2.19. The van der Waals surface area contributed by atoms with Gasteiger partial charge in [-0.1, -0.05) is 41.6 Å². The molecule has 2 N–H and O–H groups in total. The Labute approximate surface area is 117 Å². The second-order valence-corrected chi connectivity index (χ2v) is 6.81. The van der Waals surface area contributed by atoms with E-state index in [0.29, 0.717) is 0 Å². The van der Waals surface area contributed by atoms with Gasteiger partial charge in [-0.2, -0.15) is 0 Å². The number of aryl methyl sites for hydroxylation is 2. The first kappa shape index (κ1) is 13.6. The van der Waals surface area contributed by atoms with Crippen molar-refractivity contribution < 1.29 is 0 Å². The van der Waals surface area contributed by atoms with Gasteiger partial charge >= 0.3 is 0 Å². The van der Waals surface area contributed by atoms with Crippen LogP contribution in [0.15, 0.2) is 34.0 Å². The smallest absolute Gasteiger partial charge is 0.150 e. The standard InChI is InChI=1S/C14H18N2S2/c1-9-4-6-12(7-5-9)13(11(3)15)18-14-16-10(2)8-17-14/h4-8,11,13H,15H2,1-3H3. The van der Waals surface area contributed by atoms with Crippen LogP contribution in [0.2, 0.25) is 0 Å². The van der Waals surface area contributed by atoms with Gasteiger partial charge in [0.2, 0.25) is 0 Å². The van der Waals surface area contributed by atoms with Gasteiger partial charge in [-0.05, 0) is 26.3 Å². The average molecular weight is 278 g/mol. The highest BCUT2D eigenvalue weighted by molar-refractivity contribution is 8.01. The Morgan fingerprint density at radius 2 is 1.89 bits per heavy atom. The fourth-order valence-corrected chi connectivity index (χ4v) is 3.85. The third-order valence-electron chi connectivity index (χ3n) is 2.71. The minimum atomic E-state index is 0.0990. The van der Waals surface area contributed by atoms with E-state index in [1.165, 1.54) is 11.1 Å². The SMILES string of the molecule is Cc1ccc(C(Sc2nc(C)cs2)C(C)N)cc1. The van der Waals surface area contributed by atoms with Crippen LogP contribution in [-0.4, -0.2) is 11.0 Å². The summed E-state index contributed by atoms with van der Waals surface area (Å²) in [5, 5.41) is 2.34. The molecule has 4 heteroatoms. The fourth-order valence-electron chi connectivity index (χ4n) is 1.73. The summed E-state index contributed by atoms with van der Waals surface area (Å²) in [4.78, 5) is 4.50. The number of aromatic nitrogens is 1. The molecule has 0 fully saturated rings. The number of nitrogens with zero attached hydrogens (tertiary/aromatic N) is 1. The molecule has 0 saturated carbocycles. The number of nitrogens with two attached hydrogens (primary N) is 1. The Kier molecular flexibility index (Phi) is 4.43. The molecule has 2 aromatic rings. The maximum absolute atomic E-state index is 6.12. The van der Waals surface area contributed by atoms with Crippen LogP contribution in [0.1, 0.15) is 29.0 Å². The molecule has 0 amide bonds. The van der Waals surface area contributed by atoms with Crippen LogP contribution in [0, 0.1) is 13.8 Å². The number of rotatable bonds is 4. The highest BCUT2D eigenvalue weighted by Crippen LogP contribution is 2.38. The van der Waals surface area contributed by atoms with Gasteiger partial charge in [0.05, 0.1) is 5.25 Å². The van der Waals surface area contributed by atoms with Gasteiger partial charge in [0.15, 0.2) is 4.34 Å². The minimum Gasteiger partial charge on any atom is -0.327 e. The van der Waals surface area contributed by atoms with E-state index in [4.69, 9.17) is 5.73 Å². The first-order chi connectivity index (χ1) is 8.56. The van der Waals surface area contributed by atoms with Gasteiger partial charge in [-0.3, -0.25) is 0 Å². The van der Waals surface area contributed by atoms with Crippen LogP contribution >= 0.6 is 23.1 Å². The lowest BCUT2D eigenvalue weighted by molar-refractivity contribution is 0.721. The molecule has 1 aromatic carbocycles. The molecule has 0 bridgehead atoms. The summed E-state index contributed by atoms with van der Waals surface area (Å²) >= 11 is 3.45. The Balaban J connectivity index is 2.20. The van der Waals surface area contributed by atoms with Gasteiger partial charge in [-0.25, -0.2) is 4.98 Å². The predicted molar refractivity (Wildman–Crippen MR) is 80.3 cm³/mol. The summed E-state index contributed by atoms with van der Waals surface area (Å²) in [7, 11) is 0. The van der Waals surface area contributed by atoms with Crippen molar-refractivity contribution in [3.05, 3.63) is 46.5 Å². The fraction of sp³-hybridized carbons (Fsp3) is 0.357. The summed E-state index contributed by atoms with van der Waals surface area (Å²) < 4.78 is 1.09. The van der Waals surface area contributed by atoms with Gasteiger partial charge < -0.3 is 5.73 Å². The van der Waals surface area contributed by atoms with E-state index in [1.807, 2.05) is 6.92 Å². The lowest BCUT2D eigenvalue weighted by Crippen LogP contribution is -2.22. The molecule has 96 valence electrons. The second kappa shape index (κ2) is 5.87. The predicted octanol–water partition coefficient (Wildman–Crippen LogP) is 3.94. The van der Waals surface area contributed by atoms with E-state index in [0.717, 1.165) is 10.0 Å². The minimum absolute atomic E-state index is 0.0990. The van der Waals surface area contributed by atoms with E-state index in [2.05, 4.69) is 48.5 Å². The van der Waals surface area contributed by atoms with Crippen LogP contribution in [0.4, 0.5) is 0 Å². The van der Waals surface area contributed by atoms with Crippen molar-refractivity contribution in [3.8, 4) is 0 Å². The van der Waals surface area contributed by atoms with E-state index < -0.39 is 0 Å². The van der Waals surface area contributed by atoms with Gasteiger partial charge in [0.25, 0.3) is 0 Å². The van der Waals surface area contributed by atoms with Gasteiger partial charge in [0, 0.05) is 17.1 Å². The molecule has 0 saturated heterocycles. The largest absolute Gasteiger partial charge is 0.327 e. The van der Waals surface area contributed by atoms with Crippen LogP contribution in [-0.2, 0) is 0 Å². The van der Waals surface area contributed by atoms with Gasteiger partial charge in [-0.15, -0.1) is 11.3 Å². The van der Waals surface area contributed by atoms with Crippen molar-refractivity contribution in [1.29, 1.82) is 0 Å². The third-order valence-corrected chi connectivity index (χ3v) is 5.29. The number of hydrogen-bond donors (Lipinski definition) is 1. The molecule has 1 heterocycles. The summed E-state index contributed by atoms with van der Waals surface area (Å²) in [6.45, 7) is 6.17. The Morgan fingerprint density at radius 3 is 2.39 bits per heavy atom. The Morgan fingerprint density at radius 1 is 1.22 bits per heavy atom. The van der Waals surface area contributed by atoms with Crippen LogP contribution in [0.25, 0.3) is 0 Å². The molecule has 2 nitrogen and oxygen atoms in total. The van der Waals surface area contributed by atoms with Crippen LogP contribution in [0.5, 0.6) is 0 Å². The molecule has 18 heavy (non-hydrogen) atoms. The average Bonchev–Trinajstić information content (AvgIpc) is 2.73. The van der Waals surface area contributed by atoms with Crippen molar-refractivity contribution in [2.24, 2.45) is 5.73 Å². The zero-order valence-corrected chi connectivity index (χ0v) is 12.5. The maximum atomic E-state index is 6.12. The molecule has 2 unspecified atom stereocenters. The van der Waals surface area contributed by atoms with E-state index >= 15 is 0 Å². The Bertz CT molecular complexity index is 503. The topological polar surface area (TPSA) is 38.9 Å². The zero-order chi connectivity index (χ0) is 13.1. The van der Waals surface area contributed by atoms with Crippen LogP contribution < -0.4 is 5.73 Å². The summed E-state index contributed by atoms with van der Waals surface area (Å²) in [5.74, 6) is 0. The van der Waals surface area contributed by atoms with Crippen molar-refractivity contribution >= 4 is 23.1 Å². The van der Waals surface area contributed by atoms with E-state index in [-0.39, 0.29) is 11.3 Å². The molecule has 0 aliphatic heterocycles. The molecule has 0 aliphatic rings. The number of thiazole rings is 1. The number of thioether (sulfide) groups is 1. The first-order valence-corrected chi connectivity index (χ1v) is 7.73. The number of hydrogen-bond acceptors (Lipinski definition) is 4. The normalized spacial score (nSPS) is 14.4. The first-order valence-electron chi connectivity index (χ1n) is 5.97. The van der Waals surface area contributed by atoms with Crippen molar-refractivity contribution in [3.63, 3.8) is 0 Å². The summed E-state index contributed by atoms with van der Waals surface area (Å²) in [5.41, 5.74) is 9.74. The summed E-state index contributed by atoms with van der Waals surface area (Å²) in [6.07, 6.45) is 0. The second-order valence-electron chi connectivity index (χ2n) is 4.56. The Hall–Kier alpha value is -0.840. The molecule has 0 radical (unpaired) electrons. The molecule has 2 atom stereocenters. The van der Waals surface area contributed by atoms with Crippen molar-refractivity contribution in [1.82, 2.24) is 4.98 Å². The lowest BCUT2D eigenvalue weighted by Gasteiger charge is -2.19. The third kappa shape index (κ3) is 3.34. The molecule has 2 rings (SSSR count). The molecular weight excluding hydrogens is 260 g/mol. The number of benzene rings is 1. The molecule has 1 aromatic heterocycles. The van der Waals surface area contributed by atoms with E-state index in [1.54, 1.807) is 23.1 Å². The van der Waals surface area contributed by atoms with E-state index in [9.17, 15) is 0 Å².